The standard InChI is InChI=1S/C22H17N5OS/c1-4-17-23-9-11(2)19(27-17)15-6-5-13-14(26-15)7-8-16-18(13)20-21(29-16)22(28)25-12(3)10-24-20/h1,5-9,12,24H,10H2,2-3H3,(H,25,28)/t12-/m1/s1. The summed E-state index contributed by atoms with van der Waals surface area (Å²) in [5, 5.41) is 8.50. The second-order valence-electron chi connectivity index (χ2n) is 7.13. The fourth-order valence-corrected chi connectivity index (χ4v) is 4.73. The number of hydrogen-bond donors (Lipinski definition) is 2. The summed E-state index contributed by atoms with van der Waals surface area (Å²) >= 11 is 1.50. The van der Waals surface area contributed by atoms with E-state index in [1.54, 1.807) is 6.20 Å². The van der Waals surface area contributed by atoms with Crippen molar-refractivity contribution in [1.82, 2.24) is 20.3 Å². The molecular formula is C22H17N5OS. The number of carbonyl (C=O) groups is 1. The predicted molar refractivity (Wildman–Crippen MR) is 116 cm³/mol. The van der Waals surface area contributed by atoms with Gasteiger partial charge in [0.1, 0.15) is 4.88 Å². The van der Waals surface area contributed by atoms with E-state index in [0.717, 1.165) is 43.6 Å². The van der Waals surface area contributed by atoms with Crippen molar-refractivity contribution in [2.24, 2.45) is 0 Å². The van der Waals surface area contributed by atoms with Gasteiger partial charge in [0.15, 0.2) is 0 Å². The molecule has 1 aliphatic heterocycles. The van der Waals surface area contributed by atoms with E-state index in [2.05, 4.69) is 26.5 Å². The molecule has 1 amide bonds. The average Bonchev–Trinajstić information content (AvgIpc) is 3.05. The molecule has 0 aliphatic carbocycles. The minimum Gasteiger partial charge on any atom is -0.381 e. The van der Waals surface area contributed by atoms with E-state index in [1.807, 2.05) is 38.1 Å². The Balaban J connectivity index is 1.72. The van der Waals surface area contributed by atoms with Crippen LogP contribution in [0.15, 0.2) is 30.5 Å². The molecule has 4 aromatic rings. The number of nitrogens with zero attached hydrogens (tertiary/aromatic N) is 3. The van der Waals surface area contributed by atoms with Gasteiger partial charge in [-0.15, -0.1) is 17.8 Å². The Morgan fingerprint density at radius 1 is 1.24 bits per heavy atom. The molecule has 29 heavy (non-hydrogen) atoms. The summed E-state index contributed by atoms with van der Waals surface area (Å²) in [7, 11) is 0. The van der Waals surface area contributed by atoms with Crippen LogP contribution in [-0.4, -0.2) is 33.4 Å². The Bertz CT molecular complexity index is 1350. The summed E-state index contributed by atoms with van der Waals surface area (Å²) in [4.78, 5) is 26.7. The normalized spacial score (nSPS) is 16.0. The Labute approximate surface area is 171 Å². The topological polar surface area (TPSA) is 79.8 Å². The molecule has 1 atom stereocenters. The molecule has 5 rings (SSSR count). The zero-order chi connectivity index (χ0) is 20.1. The molecule has 7 heteroatoms. The van der Waals surface area contributed by atoms with Crippen molar-refractivity contribution >= 4 is 43.9 Å². The highest BCUT2D eigenvalue weighted by molar-refractivity contribution is 7.21. The molecule has 0 fully saturated rings. The van der Waals surface area contributed by atoms with Gasteiger partial charge in [0.05, 0.1) is 22.6 Å². The van der Waals surface area contributed by atoms with Crippen LogP contribution in [0.4, 0.5) is 5.69 Å². The third-order valence-corrected chi connectivity index (χ3v) is 6.19. The summed E-state index contributed by atoms with van der Waals surface area (Å²) in [6, 6.07) is 8.06. The lowest BCUT2D eigenvalue weighted by molar-refractivity contribution is 0.0949. The van der Waals surface area contributed by atoms with E-state index in [0.29, 0.717) is 17.2 Å². The van der Waals surface area contributed by atoms with Gasteiger partial charge < -0.3 is 10.6 Å². The Morgan fingerprint density at radius 2 is 2.10 bits per heavy atom. The number of terminal acetylenes is 1. The number of anilines is 1. The van der Waals surface area contributed by atoms with Gasteiger partial charge in [-0.3, -0.25) is 4.79 Å². The van der Waals surface area contributed by atoms with Crippen molar-refractivity contribution < 1.29 is 4.79 Å². The molecule has 0 spiro atoms. The first-order valence-corrected chi connectivity index (χ1v) is 10.1. The fraction of sp³-hybridized carbons (Fsp3) is 0.182. The molecule has 2 N–H and O–H groups in total. The number of aryl methyl sites for hydroxylation is 1. The smallest absolute Gasteiger partial charge is 0.263 e. The monoisotopic (exact) mass is 399 g/mol. The minimum absolute atomic E-state index is 0.0325. The third-order valence-electron chi connectivity index (χ3n) is 5.03. The van der Waals surface area contributed by atoms with E-state index >= 15 is 0 Å². The van der Waals surface area contributed by atoms with E-state index in [9.17, 15) is 4.79 Å². The number of hydrogen-bond acceptors (Lipinski definition) is 6. The van der Waals surface area contributed by atoms with E-state index < -0.39 is 0 Å². The molecule has 0 bridgehead atoms. The second-order valence-corrected chi connectivity index (χ2v) is 8.19. The molecule has 0 unspecified atom stereocenters. The first kappa shape index (κ1) is 17.6. The van der Waals surface area contributed by atoms with Crippen LogP contribution in [-0.2, 0) is 0 Å². The quantitative estimate of drug-likeness (QED) is 0.477. The lowest BCUT2D eigenvalue weighted by Crippen LogP contribution is -2.34. The van der Waals surface area contributed by atoms with Gasteiger partial charge in [-0.2, -0.15) is 0 Å². The molecule has 142 valence electrons. The summed E-state index contributed by atoms with van der Waals surface area (Å²) in [6.45, 7) is 4.61. The largest absolute Gasteiger partial charge is 0.381 e. The Hall–Kier alpha value is -3.50. The maximum Gasteiger partial charge on any atom is 0.263 e. The Kier molecular flexibility index (Phi) is 3.96. The fourth-order valence-electron chi connectivity index (χ4n) is 3.63. The van der Waals surface area contributed by atoms with Gasteiger partial charge in [-0.05, 0) is 49.6 Å². The minimum atomic E-state index is -0.0325. The van der Waals surface area contributed by atoms with E-state index in [1.165, 1.54) is 11.3 Å². The van der Waals surface area contributed by atoms with Crippen LogP contribution < -0.4 is 10.6 Å². The maximum absolute atomic E-state index is 12.6. The van der Waals surface area contributed by atoms with Crippen LogP contribution in [0.2, 0.25) is 0 Å². The van der Waals surface area contributed by atoms with Gasteiger partial charge in [0.25, 0.3) is 5.91 Å². The van der Waals surface area contributed by atoms with Crippen LogP contribution in [0.1, 0.15) is 28.0 Å². The molecule has 0 radical (unpaired) electrons. The summed E-state index contributed by atoms with van der Waals surface area (Å²) in [5.74, 6) is 2.79. The highest BCUT2D eigenvalue weighted by atomic mass is 32.1. The van der Waals surface area contributed by atoms with Crippen molar-refractivity contribution in [3.63, 3.8) is 0 Å². The first-order valence-electron chi connectivity index (χ1n) is 9.27. The number of nitrogens with one attached hydrogen (secondary N) is 2. The molecule has 6 nitrogen and oxygen atoms in total. The molecule has 1 aromatic carbocycles. The Morgan fingerprint density at radius 3 is 2.93 bits per heavy atom. The number of thiophene rings is 1. The van der Waals surface area contributed by atoms with Crippen molar-refractivity contribution in [2.75, 3.05) is 11.9 Å². The van der Waals surface area contributed by atoms with Gasteiger partial charge in [0.2, 0.25) is 5.82 Å². The van der Waals surface area contributed by atoms with Gasteiger partial charge >= 0.3 is 0 Å². The zero-order valence-electron chi connectivity index (χ0n) is 15.9. The first-order chi connectivity index (χ1) is 14.0. The number of rotatable bonds is 1. The maximum atomic E-state index is 12.6. The highest BCUT2D eigenvalue weighted by Crippen LogP contribution is 2.41. The molecule has 0 saturated heterocycles. The van der Waals surface area contributed by atoms with Crippen LogP contribution in [0.5, 0.6) is 0 Å². The number of aromatic nitrogens is 3. The van der Waals surface area contributed by atoms with E-state index in [4.69, 9.17) is 11.4 Å². The molecular weight excluding hydrogens is 382 g/mol. The summed E-state index contributed by atoms with van der Waals surface area (Å²) in [5.41, 5.74) is 4.11. The predicted octanol–water partition coefficient (Wildman–Crippen LogP) is 3.74. The average molecular weight is 399 g/mol. The molecule has 1 aliphatic rings. The zero-order valence-corrected chi connectivity index (χ0v) is 16.7. The van der Waals surface area contributed by atoms with Gasteiger partial charge in [-0.25, -0.2) is 15.0 Å². The lowest BCUT2D eigenvalue weighted by Gasteiger charge is -2.10. The lowest BCUT2D eigenvalue weighted by atomic mass is 10.1. The van der Waals surface area contributed by atoms with Crippen LogP contribution >= 0.6 is 11.3 Å². The van der Waals surface area contributed by atoms with Crippen LogP contribution in [0.3, 0.4) is 0 Å². The van der Waals surface area contributed by atoms with Crippen molar-refractivity contribution in [3.8, 4) is 23.7 Å². The van der Waals surface area contributed by atoms with Crippen LogP contribution in [0, 0.1) is 19.3 Å². The molecule has 4 heterocycles. The summed E-state index contributed by atoms with van der Waals surface area (Å²) < 4.78 is 1.06. The number of fused-ring (bicyclic) bond motifs is 5. The molecule has 3 aromatic heterocycles. The van der Waals surface area contributed by atoms with Crippen molar-refractivity contribution in [3.05, 3.63) is 46.7 Å². The number of carbonyl (C=O) groups excluding carboxylic acids is 1. The van der Waals surface area contributed by atoms with Crippen LogP contribution in [0.25, 0.3) is 32.4 Å². The van der Waals surface area contributed by atoms with Crippen molar-refractivity contribution in [1.29, 1.82) is 0 Å². The second kappa shape index (κ2) is 6.54. The van der Waals surface area contributed by atoms with Crippen molar-refractivity contribution in [2.45, 2.75) is 19.9 Å². The molecule has 0 saturated carbocycles. The number of amides is 1. The third kappa shape index (κ3) is 2.80. The number of benzene rings is 1. The van der Waals surface area contributed by atoms with Gasteiger partial charge in [-0.1, -0.05) is 0 Å². The van der Waals surface area contributed by atoms with E-state index in [-0.39, 0.29) is 11.9 Å². The SMILES string of the molecule is C#Cc1ncc(C)c(-c2ccc3c(ccc4sc5c(c43)NC[C@@H](C)NC5=O)n2)n1. The summed E-state index contributed by atoms with van der Waals surface area (Å²) in [6.07, 6.45) is 7.17. The highest BCUT2D eigenvalue weighted by Gasteiger charge is 2.24. The van der Waals surface area contributed by atoms with Gasteiger partial charge in [0, 0.05) is 34.3 Å². The number of pyridine rings is 1.